The third-order valence-electron chi connectivity index (χ3n) is 1.97. The summed E-state index contributed by atoms with van der Waals surface area (Å²) in [5.41, 5.74) is 10.4. The minimum Gasteiger partial charge on any atom is -0.298 e. The summed E-state index contributed by atoms with van der Waals surface area (Å²) in [4.78, 5) is 17.3. The number of rotatable bonds is 3. The number of carbonyl (C=O) groups is 1. The van der Waals surface area contributed by atoms with Crippen molar-refractivity contribution >= 4 is 12.1 Å². The molecule has 0 N–H and O–H groups in total. The molecule has 0 saturated heterocycles. The van der Waals surface area contributed by atoms with Crippen LogP contribution in [0.2, 0.25) is 0 Å². The van der Waals surface area contributed by atoms with E-state index in [-0.39, 0.29) is 5.82 Å². The zero-order valence-electron chi connectivity index (χ0n) is 8.06. The van der Waals surface area contributed by atoms with Crippen LogP contribution >= 0.6 is 0 Å². The van der Waals surface area contributed by atoms with E-state index >= 15 is 0 Å². The van der Waals surface area contributed by atoms with Gasteiger partial charge in [-0.3, -0.25) is 9.78 Å². The number of hydrogen-bond acceptors (Lipinski definition) is 3. The first-order chi connectivity index (χ1) is 6.72. The van der Waals surface area contributed by atoms with Crippen molar-refractivity contribution in [3.63, 3.8) is 0 Å². The molecule has 1 rings (SSSR count). The van der Waals surface area contributed by atoms with Gasteiger partial charge in [0.25, 0.3) is 0 Å². The van der Waals surface area contributed by atoms with Gasteiger partial charge in [0.15, 0.2) is 6.29 Å². The van der Waals surface area contributed by atoms with Crippen LogP contribution in [0.1, 0.15) is 28.5 Å². The zero-order valence-corrected chi connectivity index (χ0v) is 8.06. The summed E-state index contributed by atoms with van der Waals surface area (Å²) >= 11 is 0. The fourth-order valence-electron chi connectivity index (χ4n) is 1.22. The Bertz CT molecular complexity index is 408. The summed E-state index contributed by atoms with van der Waals surface area (Å²) in [5.74, 6) is 0.150. The monoisotopic (exact) mass is 190 g/mol. The molecule has 0 aliphatic heterocycles. The molecular formula is C9H10N4O. The lowest BCUT2D eigenvalue weighted by Gasteiger charge is -2.04. The Morgan fingerprint density at radius 2 is 2.43 bits per heavy atom. The topological polar surface area (TPSA) is 78.7 Å². The summed E-state index contributed by atoms with van der Waals surface area (Å²) in [6.45, 7) is 3.80. The molecule has 0 aliphatic carbocycles. The molecule has 5 nitrogen and oxygen atoms in total. The number of carbonyl (C=O) groups excluding carboxylic acids is 1. The lowest BCUT2D eigenvalue weighted by Crippen LogP contribution is -1.95. The van der Waals surface area contributed by atoms with E-state index in [0.29, 0.717) is 11.8 Å². The normalized spacial score (nSPS) is 9.29. The molecule has 0 radical (unpaired) electrons. The molecule has 0 fully saturated rings. The fraction of sp³-hybridized carbons (Fsp3) is 0.333. The van der Waals surface area contributed by atoms with Crippen LogP contribution in [-0.4, -0.2) is 11.3 Å². The molecule has 0 spiro atoms. The Hall–Kier alpha value is -1.87. The van der Waals surface area contributed by atoms with E-state index in [1.807, 2.05) is 13.8 Å². The largest absolute Gasteiger partial charge is 0.298 e. The molecule has 1 aromatic rings. The number of azide groups is 1. The van der Waals surface area contributed by atoms with Gasteiger partial charge >= 0.3 is 0 Å². The first-order valence-electron chi connectivity index (χ1n) is 4.23. The second kappa shape index (κ2) is 4.39. The Kier molecular flexibility index (Phi) is 3.20. The van der Waals surface area contributed by atoms with Gasteiger partial charge in [-0.2, -0.15) is 0 Å². The molecule has 1 aromatic heterocycles. The van der Waals surface area contributed by atoms with Crippen molar-refractivity contribution in [2.45, 2.75) is 20.3 Å². The van der Waals surface area contributed by atoms with Gasteiger partial charge in [-0.1, -0.05) is 6.92 Å². The fourth-order valence-corrected chi connectivity index (χ4v) is 1.22. The van der Waals surface area contributed by atoms with E-state index < -0.39 is 0 Å². The van der Waals surface area contributed by atoms with Crippen LogP contribution in [0.5, 0.6) is 0 Å². The summed E-state index contributed by atoms with van der Waals surface area (Å²) in [7, 11) is 0. The molecule has 0 aromatic carbocycles. The Morgan fingerprint density at radius 3 is 2.93 bits per heavy atom. The van der Waals surface area contributed by atoms with Crippen LogP contribution in [0.15, 0.2) is 11.2 Å². The Morgan fingerprint density at radius 1 is 1.71 bits per heavy atom. The predicted molar refractivity (Wildman–Crippen MR) is 52.5 cm³/mol. The second-order valence-electron chi connectivity index (χ2n) is 2.81. The van der Waals surface area contributed by atoms with E-state index in [0.717, 1.165) is 17.7 Å². The Balaban J connectivity index is 3.37. The highest BCUT2D eigenvalue weighted by Gasteiger charge is 2.05. The van der Waals surface area contributed by atoms with E-state index in [2.05, 4.69) is 15.0 Å². The Labute approximate surface area is 81.4 Å². The highest BCUT2D eigenvalue weighted by molar-refractivity contribution is 5.81. The van der Waals surface area contributed by atoms with Crippen molar-refractivity contribution in [1.29, 1.82) is 0 Å². The average molecular weight is 190 g/mol. The standard InChI is InChI=1S/C9H10N4O/c1-3-7-4-8(5-14)9(12-13-10)11-6(7)2/h4-5H,3H2,1-2H3. The average Bonchev–Trinajstić information content (AvgIpc) is 2.19. The number of aromatic nitrogens is 1. The summed E-state index contributed by atoms with van der Waals surface area (Å²) in [6.07, 6.45) is 1.45. The third-order valence-corrected chi connectivity index (χ3v) is 1.97. The van der Waals surface area contributed by atoms with Crippen LogP contribution in [0.3, 0.4) is 0 Å². The summed E-state index contributed by atoms with van der Waals surface area (Å²) in [5, 5.41) is 3.35. The quantitative estimate of drug-likeness (QED) is 0.318. The lowest BCUT2D eigenvalue weighted by molar-refractivity contribution is 0.112. The maximum Gasteiger partial charge on any atom is 0.152 e. The molecule has 0 amide bonds. The maximum atomic E-state index is 10.7. The molecule has 72 valence electrons. The second-order valence-corrected chi connectivity index (χ2v) is 2.81. The van der Waals surface area contributed by atoms with Gasteiger partial charge in [0, 0.05) is 16.2 Å². The highest BCUT2D eigenvalue weighted by atomic mass is 16.1. The number of aldehydes is 1. The predicted octanol–water partition coefficient (Wildman–Crippen LogP) is 2.71. The molecule has 1 heterocycles. The van der Waals surface area contributed by atoms with Crippen LogP contribution in [0, 0.1) is 6.92 Å². The number of nitrogens with zero attached hydrogens (tertiary/aromatic N) is 4. The smallest absolute Gasteiger partial charge is 0.152 e. The van der Waals surface area contributed by atoms with E-state index in [9.17, 15) is 4.79 Å². The molecule has 0 saturated carbocycles. The molecule has 5 heteroatoms. The third kappa shape index (κ3) is 1.89. The number of hydrogen-bond donors (Lipinski definition) is 0. The van der Waals surface area contributed by atoms with E-state index in [1.165, 1.54) is 0 Å². The van der Waals surface area contributed by atoms with Crippen molar-refractivity contribution in [2.75, 3.05) is 0 Å². The highest BCUT2D eigenvalue weighted by Crippen LogP contribution is 2.19. The van der Waals surface area contributed by atoms with Crippen molar-refractivity contribution in [2.24, 2.45) is 5.11 Å². The minimum atomic E-state index is 0.150. The van der Waals surface area contributed by atoms with Crippen LogP contribution in [0.4, 0.5) is 5.82 Å². The van der Waals surface area contributed by atoms with Crippen LogP contribution in [0.25, 0.3) is 10.4 Å². The van der Waals surface area contributed by atoms with Gasteiger partial charge in [0.1, 0.15) is 5.82 Å². The summed E-state index contributed by atoms with van der Waals surface area (Å²) < 4.78 is 0. The molecule has 0 atom stereocenters. The van der Waals surface area contributed by atoms with Crippen molar-refractivity contribution in [1.82, 2.24) is 4.98 Å². The molecular weight excluding hydrogens is 180 g/mol. The van der Waals surface area contributed by atoms with Gasteiger partial charge in [0.2, 0.25) is 0 Å². The molecule has 0 aliphatic rings. The SMILES string of the molecule is CCc1cc(C=O)c(N=[N+]=[N-])nc1C. The molecule has 0 unspecified atom stereocenters. The number of pyridine rings is 1. The van der Waals surface area contributed by atoms with Gasteiger partial charge < -0.3 is 0 Å². The first-order valence-corrected chi connectivity index (χ1v) is 4.23. The van der Waals surface area contributed by atoms with Gasteiger partial charge in [-0.25, -0.2) is 0 Å². The zero-order chi connectivity index (χ0) is 10.6. The minimum absolute atomic E-state index is 0.150. The first kappa shape index (κ1) is 10.2. The molecule has 14 heavy (non-hydrogen) atoms. The summed E-state index contributed by atoms with van der Waals surface area (Å²) in [6, 6.07) is 1.71. The van der Waals surface area contributed by atoms with Crippen molar-refractivity contribution in [3.05, 3.63) is 33.3 Å². The molecule has 0 bridgehead atoms. The van der Waals surface area contributed by atoms with Crippen molar-refractivity contribution < 1.29 is 4.79 Å². The van der Waals surface area contributed by atoms with Gasteiger partial charge in [-0.15, -0.1) is 0 Å². The lowest BCUT2D eigenvalue weighted by atomic mass is 10.1. The van der Waals surface area contributed by atoms with Crippen LogP contribution in [-0.2, 0) is 6.42 Å². The van der Waals surface area contributed by atoms with E-state index in [1.54, 1.807) is 6.07 Å². The van der Waals surface area contributed by atoms with Crippen LogP contribution < -0.4 is 0 Å². The maximum absolute atomic E-state index is 10.7. The number of aryl methyl sites for hydroxylation is 2. The van der Waals surface area contributed by atoms with Gasteiger partial charge in [-0.05, 0) is 35.6 Å². The van der Waals surface area contributed by atoms with E-state index in [4.69, 9.17) is 5.53 Å². The van der Waals surface area contributed by atoms with Gasteiger partial charge in [0.05, 0.1) is 0 Å². The van der Waals surface area contributed by atoms with Crippen molar-refractivity contribution in [3.8, 4) is 0 Å².